The van der Waals surface area contributed by atoms with Gasteiger partial charge in [-0.1, -0.05) is 44.2 Å². The molecule has 5 nitrogen and oxygen atoms in total. The first-order chi connectivity index (χ1) is 12.1. The van der Waals surface area contributed by atoms with Crippen LogP contribution in [0.3, 0.4) is 0 Å². The largest absolute Gasteiger partial charge is 0.441 e. The summed E-state index contributed by atoms with van der Waals surface area (Å²) >= 11 is 0. The monoisotopic (exact) mass is 338 g/mol. The fourth-order valence-electron chi connectivity index (χ4n) is 2.76. The minimum atomic E-state index is -1.19. The minimum Gasteiger partial charge on any atom is -0.441 e. The molecule has 0 spiro atoms. The number of nitrogens with zero attached hydrogens (tertiary/aromatic N) is 2. The summed E-state index contributed by atoms with van der Waals surface area (Å²) in [5.74, 6) is -0.992. The second kappa shape index (κ2) is 8.93. The summed E-state index contributed by atoms with van der Waals surface area (Å²) in [5, 5.41) is 9.23. The summed E-state index contributed by atoms with van der Waals surface area (Å²) in [6.07, 6.45) is 3.24. The SMILES string of the molecule is CCC(CC)C(=O)[C@H](C#N)C(=O)CCc1ncc(-c2ccccc2)o1. The molecular formula is C20H22N2O3. The smallest absolute Gasteiger partial charge is 0.195 e. The molecule has 0 amide bonds. The van der Waals surface area contributed by atoms with E-state index in [1.807, 2.05) is 50.2 Å². The molecule has 0 bridgehead atoms. The highest BCUT2D eigenvalue weighted by atomic mass is 16.4. The maximum absolute atomic E-state index is 12.3. The topological polar surface area (TPSA) is 84.0 Å². The zero-order valence-electron chi connectivity index (χ0n) is 14.6. The van der Waals surface area contributed by atoms with E-state index in [1.54, 1.807) is 6.20 Å². The predicted octanol–water partition coefficient (Wildman–Crippen LogP) is 3.99. The number of aromatic nitrogens is 1. The summed E-state index contributed by atoms with van der Waals surface area (Å²) in [4.78, 5) is 28.8. The number of nitriles is 1. The van der Waals surface area contributed by atoms with Gasteiger partial charge in [-0.15, -0.1) is 0 Å². The van der Waals surface area contributed by atoms with Gasteiger partial charge in [0.15, 0.2) is 29.1 Å². The summed E-state index contributed by atoms with van der Waals surface area (Å²) in [6, 6.07) is 11.4. The first kappa shape index (κ1) is 18.6. The Morgan fingerprint density at radius 3 is 2.48 bits per heavy atom. The van der Waals surface area contributed by atoms with E-state index in [4.69, 9.17) is 4.42 Å². The number of ketones is 2. The molecule has 0 fully saturated rings. The van der Waals surface area contributed by atoms with Gasteiger partial charge < -0.3 is 4.42 Å². The third kappa shape index (κ3) is 4.63. The molecule has 5 heteroatoms. The van der Waals surface area contributed by atoms with E-state index >= 15 is 0 Å². The molecule has 0 radical (unpaired) electrons. The molecule has 1 heterocycles. The first-order valence-electron chi connectivity index (χ1n) is 8.56. The van der Waals surface area contributed by atoms with E-state index in [-0.39, 0.29) is 30.3 Å². The van der Waals surface area contributed by atoms with Gasteiger partial charge in [0.05, 0.1) is 12.3 Å². The number of oxazole rings is 1. The van der Waals surface area contributed by atoms with E-state index in [0.29, 0.717) is 24.5 Å². The lowest BCUT2D eigenvalue weighted by Gasteiger charge is -2.14. The lowest BCUT2D eigenvalue weighted by molar-refractivity contribution is -0.133. The Labute approximate surface area is 147 Å². The van der Waals surface area contributed by atoms with Crippen molar-refractivity contribution >= 4 is 11.6 Å². The van der Waals surface area contributed by atoms with E-state index in [0.717, 1.165) is 5.56 Å². The van der Waals surface area contributed by atoms with Crippen molar-refractivity contribution in [2.24, 2.45) is 11.8 Å². The van der Waals surface area contributed by atoms with Crippen molar-refractivity contribution < 1.29 is 14.0 Å². The highest BCUT2D eigenvalue weighted by molar-refractivity contribution is 6.05. The molecule has 2 rings (SSSR count). The Balaban J connectivity index is 1.98. The van der Waals surface area contributed by atoms with E-state index in [2.05, 4.69) is 4.98 Å². The molecule has 130 valence electrons. The molecule has 1 atom stereocenters. The molecule has 0 N–H and O–H groups in total. The second-order valence-electron chi connectivity index (χ2n) is 5.93. The van der Waals surface area contributed by atoms with Gasteiger partial charge >= 0.3 is 0 Å². The Bertz CT molecular complexity index is 755. The van der Waals surface area contributed by atoms with Crippen LogP contribution in [0.2, 0.25) is 0 Å². The van der Waals surface area contributed by atoms with Gasteiger partial charge in [-0.05, 0) is 12.8 Å². The van der Waals surface area contributed by atoms with Gasteiger partial charge in [-0.3, -0.25) is 9.59 Å². The zero-order chi connectivity index (χ0) is 18.2. The van der Waals surface area contributed by atoms with E-state index in [1.165, 1.54) is 0 Å². The summed E-state index contributed by atoms with van der Waals surface area (Å²) in [6.45, 7) is 3.78. The van der Waals surface area contributed by atoms with Crippen molar-refractivity contribution in [2.75, 3.05) is 0 Å². The minimum absolute atomic E-state index is 0.0683. The molecule has 1 aromatic carbocycles. The van der Waals surface area contributed by atoms with Crippen LogP contribution in [-0.4, -0.2) is 16.6 Å². The van der Waals surface area contributed by atoms with Crippen molar-refractivity contribution in [3.8, 4) is 17.4 Å². The molecule has 1 aromatic heterocycles. The van der Waals surface area contributed by atoms with Crippen LogP contribution in [0.25, 0.3) is 11.3 Å². The first-order valence-corrected chi connectivity index (χ1v) is 8.56. The standard InChI is InChI=1S/C20H22N2O3/c1-3-14(4-2)20(24)16(12-21)17(23)10-11-19-22-13-18(25-19)15-8-6-5-7-9-15/h5-9,13-14,16H,3-4,10-11H2,1-2H3/t16-/m1/s1. The molecule has 0 aliphatic carbocycles. The van der Waals surface area contributed by atoms with Crippen LogP contribution >= 0.6 is 0 Å². The van der Waals surface area contributed by atoms with Gasteiger partial charge in [0.1, 0.15) is 0 Å². The maximum Gasteiger partial charge on any atom is 0.195 e. The van der Waals surface area contributed by atoms with Crippen molar-refractivity contribution in [1.82, 2.24) is 4.98 Å². The number of carbonyl (C=O) groups is 2. The second-order valence-corrected chi connectivity index (χ2v) is 5.93. The van der Waals surface area contributed by atoms with E-state index in [9.17, 15) is 14.9 Å². The third-order valence-electron chi connectivity index (χ3n) is 4.32. The number of rotatable bonds is 9. The highest BCUT2D eigenvalue weighted by Gasteiger charge is 2.30. The van der Waals surface area contributed by atoms with Gasteiger partial charge in [0, 0.05) is 24.3 Å². The number of Topliss-reactive ketones (excluding diaryl/α,β-unsaturated/α-hetero) is 2. The summed E-state index contributed by atoms with van der Waals surface area (Å²) < 4.78 is 5.65. The fourth-order valence-corrected chi connectivity index (χ4v) is 2.76. The lowest BCUT2D eigenvalue weighted by Crippen LogP contribution is -2.28. The van der Waals surface area contributed by atoms with Crippen molar-refractivity contribution in [2.45, 2.75) is 39.5 Å². The molecule has 0 aliphatic heterocycles. The van der Waals surface area contributed by atoms with Gasteiger partial charge in [-0.25, -0.2) is 4.98 Å². The average Bonchev–Trinajstić information content (AvgIpc) is 3.11. The van der Waals surface area contributed by atoms with Gasteiger partial charge in [-0.2, -0.15) is 5.26 Å². The summed E-state index contributed by atoms with van der Waals surface area (Å²) in [7, 11) is 0. The fraction of sp³-hybridized carbons (Fsp3) is 0.400. The number of hydrogen-bond acceptors (Lipinski definition) is 5. The predicted molar refractivity (Wildman–Crippen MR) is 93.4 cm³/mol. The van der Waals surface area contributed by atoms with Crippen LogP contribution in [0, 0.1) is 23.2 Å². The third-order valence-corrected chi connectivity index (χ3v) is 4.32. The van der Waals surface area contributed by atoms with Crippen LogP contribution in [0.4, 0.5) is 0 Å². The van der Waals surface area contributed by atoms with Crippen molar-refractivity contribution in [3.05, 3.63) is 42.4 Å². The number of benzene rings is 1. The van der Waals surface area contributed by atoms with Crippen molar-refractivity contribution in [3.63, 3.8) is 0 Å². The normalized spacial score (nSPS) is 11.9. The molecule has 0 saturated carbocycles. The van der Waals surface area contributed by atoms with Crippen LogP contribution in [0.5, 0.6) is 0 Å². The van der Waals surface area contributed by atoms with Gasteiger partial charge in [0.25, 0.3) is 0 Å². The molecule has 0 saturated heterocycles. The van der Waals surface area contributed by atoms with Crippen LogP contribution in [0.1, 0.15) is 39.0 Å². The average molecular weight is 338 g/mol. The van der Waals surface area contributed by atoms with Crippen LogP contribution in [0.15, 0.2) is 40.9 Å². The number of aryl methyl sites for hydroxylation is 1. The molecule has 25 heavy (non-hydrogen) atoms. The van der Waals surface area contributed by atoms with Crippen LogP contribution < -0.4 is 0 Å². The lowest BCUT2D eigenvalue weighted by atomic mass is 9.86. The Kier molecular flexibility index (Phi) is 6.64. The van der Waals surface area contributed by atoms with Crippen LogP contribution in [-0.2, 0) is 16.0 Å². The molecule has 0 unspecified atom stereocenters. The zero-order valence-corrected chi connectivity index (χ0v) is 14.6. The van der Waals surface area contributed by atoms with Crippen molar-refractivity contribution in [1.29, 1.82) is 5.26 Å². The molecule has 2 aromatic rings. The summed E-state index contributed by atoms with van der Waals surface area (Å²) in [5.41, 5.74) is 0.909. The van der Waals surface area contributed by atoms with E-state index < -0.39 is 5.92 Å². The maximum atomic E-state index is 12.3. The Morgan fingerprint density at radius 2 is 1.88 bits per heavy atom. The van der Waals surface area contributed by atoms with Gasteiger partial charge in [0.2, 0.25) is 0 Å². The Morgan fingerprint density at radius 1 is 1.20 bits per heavy atom. The Hall–Kier alpha value is -2.74. The quantitative estimate of drug-likeness (QED) is 0.645. The number of hydrogen-bond donors (Lipinski definition) is 0. The highest BCUT2D eigenvalue weighted by Crippen LogP contribution is 2.21. The number of carbonyl (C=O) groups excluding carboxylic acids is 2. The molecular weight excluding hydrogens is 316 g/mol. The molecule has 0 aliphatic rings.